The minimum absolute atomic E-state index is 0.0745. The first kappa shape index (κ1) is 16.4. The highest BCUT2D eigenvalue weighted by molar-refractivity contribution is 6.22. The van der Waals surface area contributed by atoms with E-state index in [0.717, 1.165) is 5.57 Å². The molecule has 0 radical (unpaired) electrons. The molecule has 7 nitrogen and oxygen atoms in total. The summed E-state index contributed by atoms with van der Waals surface area (Å²) < 4.78 is 0. The van der Waals surface area contributed by atoms with Gasteiger partial charge in [-0.3, -0.25) is 25.1 Å². The lowest BCUT2D eigenvalue weighted by atomic mass is 9.83. The first-order chi connectivity index (χ1) is 11.6. The number of aliphatic hydroxyl groups excluding tert-OH is 1. The Kier molecular flexibility index (Phi) is 4.46. The highest BCUT2D eigenvalue weighted by Crippen LogP contribution is 2.33. The summed E-state index contributed by atoms with van der Waals surface area (Å²) in [7, 11) is 0. The van der Waals surface area contributed by atoms with Crippen molar-refractivity contribution in [3.8, 4) is 0 Å². The van der Waals surface area contributed by atoms with E-state index in [9.17, 15) is 14.4 Å². The van der Waals surface area contributed by atoms with E-state index in [1.54, 1.807) is 35.2 Å². The zero-order valence-corrected chi connectivity index (χ0v) is 13.1. The summed E-state index contributed by atoms with van der Waals surface area (Å²) in [6.07, 6.45) is 3.17. The molecule has 2 heterocycles. The minimum atomic E-state index is -1.57. The highest BCUT2D eigenvalue weighted by atomic mass is 16.3. The Labute approximate surface area is 139 Å². The van der Waals surface area contributed by atoms with Crippen molar-refractivity contribution < 1.29 is 19.5 Å². The normalized spacial score (nSPS) is 21.0. The Bertz CT molecular complexity index is 679. The summed E-state index contributed by atoms with van der Waals surface area (Å²) in [5.74, 6) is -1.28. The maximum absolute atomic E-state index is 12.7. The largest absolute Gasteiger partial charge is 0.396 e. The zero-order chi connectivity index (χ0) is 17.2. The van der Waals surface area contributed by atoms with Crippen LogP contribution in [0.5, 0.6) is 0 Å². The van der Waals surface area contributed by atoms with Crippen LogP contribution in [0.2, 0.25) is 0 Å². The van der Waals surface area contributed by atoms with Gasteiger partial charge in [0, 0.05) is 19.7 Å². The summed E-state index contributed by atoms with van der Waals surface area (Å²) in [4.78, 5) is 38.8. The number of imide groups is 2. The predicted octanol–water partition coefficient (Wildman–Crippen LogP) is 0.262. The molecule has 0 aromatic heterocycles. The first-order valence-electron chi connectivity index (χ1n) is 7.85. The molecule has 0 aliphatic carbocycles. The van der Waals surface area contributed by atoms with Crippen LogP contribution in [-0.2, 0) is 15.1 Å². The molecule has 3 rings (SSSR count). The topological polar surface area (TPSA) is 98.7 Å². The molecule has 4 amide bonds. The number of nitrogens with one attached hydrogen (secondary N) is 2. The molecule has 1 fully saturated rings. The van der Waals surface area contributed by atoms with E-state index in [1.807, 2.05) is 6.08 Å². The Morgan fingerprint density at radius 2 is 1.75 bits per heavy atom. The van der Waals surface area contributed by atoms with Gasteiger partial charge < -0.3 is 5.11 Å². The molecule has 0 spiro atoms. The number of carbonyl (C=O) groups excluding carboxylic acids is 3. The molecule has 0 atom stereocenters. The van der Waals surface area contributed by atoms with Crippen LogP contribution in [0.15, 0.2) is 42.0 Å². The third-order valence-corrected chi connectivity index (χ3v) is 4.51. The average Bonchev–Trinajstić information content (AvgIpc) is 2.57. The Hall–Kier alpha value is -2.51. The third kappa shape index (κ3) is 2.61. The number of aliphatic hydroxyl groups is 1. The van der Waals surface area contributed by atoms with E-state index < -0.39 is 23.4 Å². The molecule has 24 heavy (non-hydrogen) atoms. The summed E-state index contributed by atoms with van der Waals surface area (Å²) in [5, 5.41) is 13.5. The Balaban J connectivity index is 2.03. The van der Waals surface area contributed by atoms with Crippen molar-refractivity contribution in [3.05, 3.63) is 47.5 Å². The minimum Gasteiger partial charge on any atom is -0.396 e. The van der Waals surface area contributed by atoms with Gasteiger partial charge in [-0.15, -0.1) is 0 Å². The van der Waals surface area contributed by atoms with E-state index in [1.165, 1.54) is 0 Å². The number of amides is 4. The van der Waals surface area contributed by atoms with Crippen molar-refractivity contribution in [1.29, 1.82) is 0 Å². The molecule has 1 aromatic carbocycles. The van der Waals surface area contributed by atoms with Gasteiger partial charge in [0.05, 0.1) is 0 Å². The third-order valence-electron chi connectivity index (χ3n) is 4.51. The van der Waals surface area contributed by atoms with Gasteiger partial charge in [0.1, 0.15) is 0 Å². The fourth-order valence-electron chi connectivity index (χ4n) is 3.32. The van der Waals surface area contributed by atoms with Crippen LogP contribution in [-0.4, -0.2) is 47.5 Å². The van der Waals surface area contributed by atoms with Crippen molar-refractivity contribution in [3.63, 3.8) is 0 Å². The quantitative estimate of drug-likeness (QED) is 0.544. The maximum atomic E-state index is 12.7. The molecular weight excluding hydrogens is 310 g/mol. The van der Waals surface area contributed by atoms with Gasteiger partial charge in [-0.1, -0.05) is 42.0 Å². The van der Waals surface area contributed by atoms with Crippen LogP contribution in [0.3, 0.4) is 0 Å². The van der Waals surface area contributed by atoms with E-state index in [2.05, 4.69) is 10.6 Å². The van der Waals surface area contributed by atoms with Gasteiger partial charge in [-0.2, -0.15) is 0 Å². The molecule has 0 unspecified atom stereocenters. The van der Waals surface area contributed by atoms with Crippen LogP contribution >= 0.6 is 0 Å². The smallest absolute Gasteiger partial charge is 0.328 e. The molecule has 1 aromatic rings. The standard InChI is InChI=1S/C17H19N3O4/c21-11-8-12-6-9-20(10-7-12)17(13-4-2-1-3-5-13)14(22)18-16(24)19-15(17)23/h1-6,21H,7-11H2,(H2,18,19,22,23,24). The number of urea groups is 1. The maximum Gasteiger partial charge on any atom is 0.328 e. The van der Waals surface area contributed by atoms with E-state index in [4.69, 9.17) is 5.11 Å². The van der Waals surface area contributed by atoms with Gasteiger partial charge in [-0.05, 0) is 18.4 Å². The van der Waals surface area contributed by atoms with Gasteiger partial charge in [-0.25, -0.2) is 4.79 Å². The molecule has 126 valence electrons. The second-order valence-corrected chi connectivity index (χ2v) is 5.85. The Morgan fingerprint density at radius 1 is 1.08 bits per heavy atom. The second kappa shape index (κ2) is 6.54. The number of carbonyl (C=O) groups is 3. The number of nitrogens with zero attached hydrogens (tertiary/aromatic N) is 1. The molecular formula is C17H19N3O4. The Morgan fingerprint density at radius 3 is 2.29 bits per heavy atom. The van der Waals surface area contributed by atoms with E-state index in [0.29, 0.717) is 31.5 Å². The fourth-order valence-corrected chi connectivity index (χ4v) is 3.32. The van der Waals surface area contributed by atoms with E-state index >= 15 is 0 Å². The zero-order valence-electron chi connectivity index (χ0n) is 13.1. The monoisotopic (exact) mass is 329 g/mol. The lowest BCUT2D eigenvalue weighted by Crippen LogP contribution is -2.71. The van der Waals surface area contributed by atoms with Crippen LogP contribution in [0, 0.1) is 0 Å². The molecule has 0 bridgehead atoms. The first-order valence-corrected chi connectivity index (χ1v) is 7.85. The molecule has 3 N–H and O–H groups in total. The summed E-state index contributed by atoms with van der Waals surface area (Å²) in [6, 6.07) is 7.93. The van der Waals surface area contributed by atoms with Crippen molar-refractivity contribution >= 4 is 17.8 Å². The fraction of sp³-hybridized carbons (Fsp3) is 0.353. The van der Waals surface area contributed by atoms with Crippen LogP contribution in [0.25, 0.3) is 0 Å². The summed E-state index contributed by atoms with van der Waals surface area (Å²) in [6.45, 7) is 0.945. The van der Waals surface area contributed by atoms with E-state index in [-0.39, 0.29) is 6.61 Å². The molecule has 2 aliphatic heterocycles. The van der Waals surface area contributed by atoms with Gasteiger partial charge in [0.15, 0.2) is 0 Å². The number of benzene rings is 1. The van der Waals surface area contributed by atoms with Gasteiger partial charge in [0.25, 0.3) is 11.8 Å². The lowest BCUT2D eigenvalue weighted by Gasteiger charge is -2.44. The number of rotatable bonds is 4. The van der Waals surface area contributed by atoms with Crippen LogP contribution in [0.4, 0.5) is 4.79 Å². The van der Waals surface area contributed by atoms with Crippen LogP contribution in [0.1, 0.15) is 18.4 Å². The average molecular weight is 329 g/mol. The molecule has 2 aliphatic rings. The van der Waals surface area contributed by atoms with Crippen LogP contribution < -0.4 is 10.6 Å². The number of hydrogen-bond donors (Lipinski definition) is 3. The number of barbiturate groups is 1. The molecule has 7 heteroatoms. The second-order valence-electron chi connectivity index (χ2n) is 5.85. The van der Waals surface area contributed by atoms with Crippen molar-refractivity contribution in [1.82, 2.24) is 15.5 Å². The highest BCUT2D eigenvalue weighted by Gasteiger charge is 2.55. The summed E-state index contributed by atoms with van der Waals surface area (Å²) >= 11 is 0. The SMILES string of the molecule is O=C1NC(=O)C(c2ccccc2)(N2CC=C(CCO)CC2)C(=O)N1. The number of hydrogen-bond acceptors (Lipinski definition) is 5. The van der Waals surface area contributed by atoms with Crippen molar-refractivity contribution in [2.24, 2.45) is 0 Å². The van der Waals surface area contributed by atoms with Gasteiger partial charge in [0.2, 0.25) is 5.54 Å². The summed E-state index contributed by atoms with van der Waals surface area (Å²) in [5.41, 5.74) is 0.0485. The molecule has 0 saturated carbocycles. The molecule has 1 saturated heterocycles. The van der Waals surface area contributed by atoms with Crippen molar-refractivity contribution in [2.45, 2.75) is 18.4 Å². The van der Waals surface area contributed by atoms with Gasteiger partial charge >= 0.3 is 6.03 Å². The van der Waals surface area contributed by atoms with Crippen molar-refractivity contribution in [2.75, 3.05) is 19.7 Å². The predicted molar refractivity (Wildman–Crippen MR) is 85.8 cm³/mol. The lowest BCUT2D eigenvalue weighted by molar-refractivity contribution is -0.148.